The second-order valence-corrected chi connectivity index (χ2v) is 6.26. The van der Waals surface area contributed by atoms with Crippen molar-refractivity contribution in [3.05, 3.63) is 59.1 Å². The maximum Gasteiger partial charge on any atom is 0.234 e. The van der Waals surface area contributed by atoms with E-state index in [1.165, 1.54) is 16.4 Å². The van der Waals surface area contributed by atoms with Crippen molar-refractivity contribution in [3.63, 3.8) is 0 Å². The van der Waals surface area contributed by atoms with E-state index < -0.39 is 0 Å². The maximum absolute atomic E-state index is 12.1. The molecule has 1 amide bonds. The Labute approximate surface area is 152 Å². The number of aromatic nitrogens is 4. The van der Waals surface area contributed by atoms with Gasteiger partial charge in [-0.25, -0.2) is 0 Å². The Hall–Kier alpha value is -2.89. The standard InChI is InChI=1S/C16H11ClN6OS/c17-12-4-2-6-14(8-12)23-16(20-21-22-23)25-10-15(24)19-13-5-1-3-11(7-13)9-18/h1-8H,10H2,(H,19,24). The molecule has 0 saturated heterocycles. The first-order valence-corrected chi connectivity index (χ1v) is 8.49. The molecule has 0 spiro atoms. The summed E-state index contributed by atoms with van der Waals surface area (Å²) in [7, 11) is 0. The highest BCUT2D eigenvalue weighted by molar-refractivity contribution is 7.99. The summed E-state index contributed by atoms with van der Waals surface area (Å²) in [6.07, 6.45) is 0. The Morgan fingerprint density at radius 2 is 2.12 bits per heavy atom. The van der Waals surface area contributed by atoms with E-state index in [2.05, 4.69) is 20.8 Å². The predicted octanol–water partition coefficient (Wildman–Crippen LogP) is 2.92. The zero-order chi connectivity index (χ0) is 17.6. The predicted molar refractivity (Wildman–Crippen MR) is 94.7 cm³/mol. The zero-order valence-electron chi connectivity index (χ0n) is 12.8. The number of carbonyl (C=O) groups excluding carboxylic acids is 1. The Bertz CT molecular complexity index is 952. The van der Waals surface area contributed by atoms with Crippen LogP contribution in [-0.2, 0) is 4.79 Å². The molecule has 124 valence electrons. The largest absolute Gasteiger partial charge is 0.325 e. The summed E-state index contributed by atoms with van der Waals surface area (Å²) in [5.41, 5.74) is 1.76. The van der Waals surface area contributed by atoms with Crippen LogP contribution in [0.25, 0.3) is 5.69 Å². The molecule has 0 aliphatic rings. The van der Waals surface area contributed by atoms with Gasteiger partial charge >= 0.3 is 0 Å². The zero-order valence-corrected chi connectivity index (χ0v) is 14.3. The summed E-state index contributed by atoms with van der Waals surface area (Å²) in [4.78, 5) is 12.1. The van der Waals surface area contributed by atoms with Crippen LogP contribution in [0, 0.1) is 11.3 Å². The van der Waals surface area contributed by atoms with Crippen LogP contribution < -0.4 is 5.32 Å². The first-order chi connectivity index (χ1) is 12.2. The molecule has 1 aromatic heterocycles. The lowest BCUT2D eigenvalue weighted by molar-refractivity contribution is -0.113. The highest BCUT2D eigenvalue weighted by Gasteiger charge is 2.12. The number of nitrogens with zero attached hydrogens (tertiary/aromatic N) is 5. The molecule has 0 unspecified atom stereocenters. The van der Waals surface area contributed by atoms with Gasteiger partial charge < -0.3 is 5.32 Å². The van der Waals surface area contributed by atoms with Gasteiger partial charge in [0.1, 0.15) is 0 Å². The second-order valence-electron chi connectivity index (χ2n) is 4.88. The van der Waals surface area contributed by atoms with Crippen molar-refractivity contribution < 1.29 is 4.79 Å². The number of hydrogen-bond acceptors (Lipinski definition) is 6. The summed E-state index contributed by atoms with van der Waals surface area (Å²) >= 11 is 7.18. The first kappa shape index (κ1) is 17.0. The van der Waals surface area contributed by atoms with Gasteiger partial charge in [0.25, 0.3) is 0 Å². The maximum atomic E-state index is 12.1. The van der Waals surface area contributed by atoms with Crippen molar-refractivity contribution in [2.45, 2.75) is 5.16 Å². The van der Waals surface area contributed by atoms with Gasteiger partial charge in [-0.1, -0.05) is 35.5 Å². The van der Waals surface area contributed by atoms with Crippen LogP contribution in [-0.4, -0.2) is 31.9 Å². The SMILES string of the molecule is N#Cc1cccc(NC(=O)CSc2nnnn2-c2cccc(Cl)c2)c1. The van der Waals surface area contributed by atoms with Gasteiger partial charge in [-0.05, 0) is 46.8 Å². The number of benzene rings is 2. The van der Waals surface area contributed by atoms with Gasteiger partial charge in [0, 0.05) is 10.7 Å². The molecular weight excluding hydrogens is 360 g/mol. The van der Waals surface area contributed by atoms with Crippen LogP contribution >= 0.6 is 23.4 Å². The van der Waals surface area contributed by atoms with Crippen molar-refractivity contribution in [2.24, 2.45) is 0 Å². The minimum Gasteiger partial charge on any atom is -0.325 e. The fourth-order valence-electron chi connectivity index (χ4n) is 2.03. The Balaban J connectivity index is 1.65. The average molecular weight is 371 g/mol. The highest BCUT2D eigenvalue weighted by Crippen LogP contribution is 2.20. The summed E-state index contributed by atoms with van der Waals surface area (Å²) in [5, 5.41) is 24.2. The molecule has 25 heavy (non-hydrogen) atoms. The number of halogens is 1. The third kappa shape index (κ3) is 4.35. The molecule has 0 atom stereocenters. The van der Waals surface area contributed by atoms with E-state index in [1.807, 2.05) is 12.1 Å². The highest BCUT2D eigenvalue weighted by atomic mass is 35.5. The van der Waals surface area contributed by atoms with E-state index in [0.29, 0.717) is 27.1 Å². The fourth-order valence-corrected chi connectivity index (χ4v) is 2.91. The molecule has 9 heteroatoms. The lowest BCUT2D eigenvalue weighted by Crippen LogP contribution is -2.14. The van der Waals surface area contributed by atoms with Gasteiger partial charge in [0.05, 0.1) is 23.1 Å². The van der Waals surface area contributed by atoms with E-state index >= 15 is 0 Å². The normalized spacial score (nSPS) is 10.2. The van der Waals surface area contributed by atoms with Gasteiger partial charge in [0.15, 0.2) is 0 Å². The van der Waals surface area contributed by atoms with Crippen molar-refractivity contribution in [1.29, 1.82) is 5.26 Å². The molecule has 0 bridgehead atoms. The van der Waals surface area contributed by atoms with Gasteiger partial charge in [-0.2, -0.15) is 9.94 Å². The van der Waals surface area contributed by atoms with Crippen molar-refractivity contribution in [1.82, 2.24) is 20.2 Å². The van der Waals surface area contributed by atoms with E-state index in [-0.39, 0.29) is 11.7 Å². The summed E-state index contributed by atoms with van der Waals surface area (Å²) in [6.45, 7) is 0. The number of nitrogens with one attached hydrogen (secondary N) is 1. The van der Waals surface area contributed by atoms with Crippen molar-refractivity contribution in [2.75, 3.05) is 11.1 Å². The number of amides is 1. The molecular formula is C16H11ClN6OS. The molecule has 3 aromatic rings. The number of hydrogen-bond donors (Lipinski definition) is 1. The Kier molecular flexibility index (Phi) is 5.28. The van der Waals surface area contributed by atoms with Crippen LogP contribution in [0.2, 0.25) is 5.02 Å². The summed E-state index contributed by atoms with van der Waals surface area (Å²) in [6, 6.07) is 15.8. The van der Waals surface area contributed by atoms with Crippen LogP contribution in [0.15, 0.2) is 53.7 Å². The summed E-state index contributed by atoms with van der Waals surface area (Å²) < 4.78 is 1.51. The first-order valence-electron chi connectivity index (χ1n) is 7.13. The smallest absolute Gasteiger partial charge is 0.234 e. The fraction of sp³-hybridized carbons (Fsp3) is 0.0625. The topological polar surface area (TPSA) is 96.5 Å². The Morgan fingerprint density at radius 3 is 2.92 bits per heavy atom. The van der Waals surface area contributed by atoms with E-state index in [0.717, 1.165) is 0 Å². The van der Waals surface area contributed by atoms with Crippen LogP contribution in [0.1, 0.15) is 5.56 Å². The van der Waals surface area contributed by atoms with E-state index in [9.17, 15) is 4.79 Å². The van der Waals surface area contributed by atoms with Gasteiger partial charge in [-0.15, -0.1) is 5.10 Å². The average Bonchev–Trinajstić information content (AvgIpc) is 3.09. The van der Waals surface area contributed by atoms with Gasteiger partial charge in [-0.3, -0.25) is 4.79 Å². The molecule has 7 nitrogen and oxygen atoms in total. The number of anilines is 1. The molecule has 0 aliphatic heterocycles. The Morgan fingerprint density at radius 1 is 1.28 bits per heavy atom. The molecule has 0 saturated carbocycles. The number of tetrazole rings is 1. The lowest BCUT2D eigenvalue weighted by atomic mass is 10.2. The van der Waals surface area contributed by atoms with E-state index in [4.69, 9.17) is 16.9 Å². The monoisotopic (exact) mass is 370 g/mol. The molecule has 1 heterocycles. The minimum absolute atomic E-state index is 0.123. The number of rotatable bonds is 5. The van der Waals surface area contributed by atoms with Crippen LogP contribution in [0.5, 0.6) is 0 Å². The molecule has 0 radical (unpaired) electrons. The quantitative estimate of drug-likeness (QED) is 0.693. The molecule has 0 fully saturated rings. The third-order valence-corrected chi connectivity index (χ3v) is 4.26. The van der Waals surface area contributed by atoms with Gasteiger partial charge in [0.2, 0.25) is 11.1 Å². The molecule has 0 aliphatic carbocycles. The van der Waals surface area contributed by atoms with Crippen LogP contribution in [0.4, 0.5) is 5.69 Å². The lowest BCUT2D eigenvalue weighted by Gasteiger charge is -2.06. The molecule has 3 rings (SSSR count). The van der Waals surface area contributed by atoms with E-state index in [1.54, 1.807) is 42.5 Å². The second kappa shape index (κ2) is 7.79. The molecule has 2 aromatic carbocycles. The number of nitriles is 1. The minimum atomic E-state index is -0.222. The van der Waals surface area contributed by atoms with Crippen molar-refractivity contribution >= 4 is 35.0 Å². The third-order valence-electron chi connectivity index (χ3n) is 3.10. The number of carbonyl (C=O) groups is 1. The van der Waals surface area contributed by atoms with Crippen LogP contribution in [0.3, 0.4) is 0 Å². The van der Waals surface area contributed by atoms with Crippen molar-refractivity contribution in [3.8, 4) is 11.8 Å². The number of thioether (sulfide) groups is 1. The summed E-state index contributed by atoms with van der Waals surface area (Å²) in [5.74, 6) is -0.0988. The molecule has 1 N–H and O–H groups in total.